The number of imidazole rings is 1. The maximum Gasteiger partial charge on any atom is 0.335 e. The first-order chi connectivity index (χ1) is 9.56. The van der Waals surface area contributed by atoms with Crippen LogP contribution in [-0.2, 0) is 0 Å². The van der Waals surface area contributed by atoms with E-state index in [9.17, 15) is 4.79 Å². The molecule has 4 nitrogen and oxygen atoms in total. The van der Waals surface area contributed by atoms with Crippen LogP contribution in [0.5, 0.6) is 0 Å². The molecule has 1 aromatic carbocycles. The maximum absolute atomic E-state index is 11.1. The summed E-state index contributed by atoms with van der Waals surface area (Å²) in [6, 6.07) is 5.59. The molecule has 3 atom stereocenters. The van der Waals surface area contributed by atoms with Gasteiger partial charge in [-0.15, -0.1) is 0 Å². The van der Waals surface area contributed by atoms with Gasteiger partial charge in [-0.2, -0.15) is 0 Å². The predicted molar refractivity (Wildman–Crippen MR) is 77.9 cm³/mol. The fourth-order valence-electron chi connectivity index (χ4n) is 3.49. The van der Waals surface area contributed by atoms with Crippen LogP contribution >= 0.6 is 0 Å². The van der Waals surface area contributed by atoms with Gasteiger partial charge in [0.25, 0.3) is 0 Å². The number of nitrogens with zero attached hydrogens (tertiary/aromatic N) is 2. The number of carbonyl (C=O) groups is 1. The zero-order chi connectivity index (χ0) is 14.3. The molecule has 1 aliphatic carbocycles. The van der Waals surface area contributed by atoms with Gasteiger partial charge in [0.05, 0.1) is 22.9 Å². The minimum atomic E-state index is -0.884. The fraction of sp³-hybridized carbons (Fsp3) is 0.500. The number of aromatic nitrogens is 2. The van der Waals surface area contributed by atoms with E-state index in [2.05, 4.69) is 23.4 Å². The molecular weight excluding hydrogens is 252 g/mol. The predicted octanol–water partition coefficient (Wildman–Crippen LogP) is 3.73. The summed E-state index contributed by atoms with van der Waals surface area (Å²) in [6.07, 6.45) is 5.47. The van der Waals surface area contributed by atoms with Crippen LogP contribution < -0.4 is 0 Å². The molecule has 0 bridgehead atoms. The normalized spacial score (nSPS) is 26.8. The highest BCUT2D eigenvalue weighted by atomic mass is 16.4. The topological polar surface area (TPSA) is 55.1 Å². The minimum absolute atomic E-state index is 0.330. The Kier molecular flexibility index (Phi) is 3.24. The molecule has 0 saturated heterocycles. The number of benzene rings is 1. The third-order valence-corrected chi connectivity index (χ3v) is 4.57. The zero-order valence-corrected chi connectivity index (χ0v) is 11.9. The molecule has 0 amide bonds. The molecule has 1 saturated carbocycles. The van der Waals surface area contributed by atoms with Crippen molar-refractivity contribution in [3.05, 3.63) is 30.1 Å². The highest BCUT2D eigenvalue weighted by molar-refractivity contribution is 5.92. The Hall–Kier alpha value is -1.84. The molecule has 1 fully saturated rings. The van der Waals surface area contributed by atoms with Crippen molar-refractivity contribution in [2.75, 3.05) is 0 Å². The van der Waals surface area contributed by atoms with Crippen molar-refractivity contribution in [1.82, 2.24) is 9.55 Å². The van der Waals surface area contributed by atoms with E-state index in [0.29, 0.717) is 17.5 Å². The molecule has 1 aromatic heterocycles. The Balaban J connectivity index is 2.03. The Morgan fingerprint density at radius 1 is 1.35 bits per heavy atom. The number of aromatic carboxylic acids is 1. The minimum Gasteiger partial charge on any atom is -0.478 e. The second kappa shape index (κ2) is 4.93. The molecule has 1 heterocycles. The van der Waals surface area contributed by atoms with E-state index in [1.165, 1.54) is 12.8 Å². The molecule has 1 N–H and O–H groups in total. The summed E-state index contributed by atoms with van der Waals surface area (Å²) < 4.78 is 2.18. The lowest BCUT2D eigenvalue weighted by molar-refractivity contribution is 0.0697. The van der Waals surface area contributed by atoms with Crippen LogP contribution in [0.2, 0.25) is 0 Å². The van der Waals surface area contributed by atoms with Gasteiger partial charge in [-0.05, 0) is 49.3 Å². The van der Waals surface area contributed by atoms with Crippen LogP contribution in [0.1, 0.15) is 49.5 Å². The molecular formula is C16H20N2O2. The van der Waals surface area contributed by atoms with E-state index in [1.807, 2.05) is 6.33 Å². The van der Waals surface area contributed by atoms with Gasteiger partial charge in [-0.3, -0.25) is 0 Å². The lowest BCUT2D eigenvalue weighted by Crippen LogP contribution is -2.24. The summed E-state index contributed by atoms with van der Waals surface area (Å²) in [7, 11) is 0. The highest BCUT2D eigenvalue weighted by Gasteiger charge is 2.27. The largest absolute Gasteiger partial charge is 0.478 e. The van der Waals surface area contributed by atoms with Gasteiger partial charge >= 0.3 is 5.97 Å². The highest BCUT2D eigenvalue weighted by Crippen LogP contribution is 2.38. The first-order valence-corrected chi connectivity index (χ1v) is 7.26. The Labute approximate surface area is 118 Å². The van der Waals surface area contributed by atoms with Gasteiger partial charge in [0.15, 0.2) is 0 Å². The van der Waals surface area contributed by atoms with E-state index < -0.39 is 5.97 Å². The standard InChI is InChI=1S/C16H20N2O2/c1-10-3-6-14(11(2)7-10)18-9-17-13-5-4-12(16(19)20)8-15(13)18/h4-5,8-11,14H,3,6-7H2,1-2H3,(H,19,20). The van der Waals surface area contributed by atoms with Crippen LogP contribution in [-0.4, -0.2) is 20.6 Å². The third kappa shape index (κ3) is 2.19. The van der Waals surface area contributed by atoms with Crippen molar-refractivity contribution in [3.8, 4) is 0 Å². The van der Waals surface area contributed by atoms with E-state index in [4.69, 9.17) is 5.11 Å². The summed E-state index contributed by atoms with van der Waals surface area (Å²) in [5.41, 5.74) is 2.15. The summed E-state index contributed by atoms with van der Waals surface area (Å²) >= 11 is 0. The number of hydrogen-bond donors (Lipinski definition) is 1. The number of hydrogen-bond acceptors (Lipinski definition) is 2. The second-order valence-electron chi connectivity index (χ2n) is 6.12. The molecule has 0 aliphatic heterocycles. The van der Waals surface area contributed by atoms with Crippen molar-refractivity contribution >= 4 is 17.0 Å². The average molecular weight is 272 g/mol. The van der Waals surface area contributed by atoms with E-state index in [0.717, 1.165) is 23.4 Å². The van der Waals surface area contributed by atoms with Crippen LogP contribution in [0.15, 0.2) is 24.5 Å². The quantitative estimate of drug-likeness (QED) is 0.906. The van der Waals surface area contributed by atoms with Gasteiger partial charge in [0, 0.05) is 6.04 Å². The lowest BCUT2D eigenvalue weighted by Gasteiger charge is -2.33. The molecule has 2 aromatic rings. The van der Waals surface area contributed by atoms with Gasteiger partial charge in [0.2, 0.25) is 0 Å². The monoisotopic (exact) mass is 272 g/mol. The van der Waals surface area contributed by atoms with E-state index in [1.54, 1.807) is 18.2 Å². The molecule has 3 unspecified atom stereocenters. The van der Waals surface area contributed by atoms with Crippen molar-refractivity contribution < 1.29 is 9.90 Å². The Bertz CT molecular complexity index is 647. The van der Waals surface area contributed by atoms with Gasteiger partial charge in [-0.25, -0.2) is 9.78 Å². The van der Waals surface area contributed by atoms with Gasteiger partial charge in [-0.1, -0.05) is 13.8 Å². The third-order valence-electron chi connectivity index (χ3n) is 4.57. The van der Waals surface area contributed by atoms with Crippen molar-refractivity contribution in [2.45, 2.75) is 39.2 Å². The lowest BCUT2D eigenvalue weighted by atomic mass is 9.79. The average Bonchev–Trinajstić information content (AvgIpc) is 2.81. The molecule has 3 rings (SSSR count). The van der Waals surface area contributed by atoms with Gasteiger partial charge in [0.1, 0.15) is 0 Å². The molecule has 1 aliphatic rings. The Morgan fingerprint density at radius 3 is 2.85 bits per heavy atom. The first-order valence-electron chi connectivity index (χ1n) is 7.26. The molecule has 4 heteroatoms. The SMILES string of the molecule is CC1CCC(n2cnc3ccc(C(=O)O)cc32)C(C)C1. The van der Waals surface area contributed by atoms with Crippen LogP contribution in [0.3, 0.4) is 0 Å². The Morgan fingerprint density at radius 2 is 2.15 bits per heavy atom. The fourth-order valence-corrected chi connectivity index (χ4v) is 3.49. The van der Waals surface area contributed by atoms with Crippen LogP contribution in [0, 0.1) is 11.8 Å². The van der Waals surface area contributed by atoms with Gasteiger partial charge < -0.3 is 9.67 Å². The van der Waals surface area contributed by atoms with Crippen molar-refractivity contribution in [1.29, 1.82) is 0 Å². The zero-order valence-electron chi connectivity index (χ0n) is 11.9. The number of carboxylic acids is 1. The van der Waals surface area contributed by atoms with Crippen molar-refractivity contribution in [2.24, 2.45) is 11.8 Å². The number of fused-ring (bicyclic) bond motifs is 1. The van der Waals surface area contributed by atoms with Crippen LogP contribution in [0.25, 0.3) is 11.0 Å². The first kappa shape index (κ1) is 13.2. The summed E-state index contributed by atoms with van der Waals surface area (Å²) in [4.78, 5) is 15.5. The second-order valence-corrected chi connectivity index (χ2v) is 6.12. The molecule has 20 heavy (non-hydrogen) atoms. The van der Waals surface area contributed by atoms with Crippen LogP contribution in [0.4, 0.5) is 0 Å². The molecule has 0 radical (unpaired) electrons. The number of rotatable bonds is 2. The maximum atomic E-state index is 11.1. The van der Waals surface area contributed by atoms with Crippen molar-refractivity contribution in [3.63, 3.8) is 0 Å². The molecule has 106 valence electrons. The van der Waals surface area contributed by atoms with E-state index in [-0.39, 0.29) is 0 Å². The summed E-state index contributed by atoms with van der Waals surface area (Å²) in [5.74, 6) is 0.500. The summed E-state index contributed by atoms with van der Waals surface area (Å²) in [6.45, 7) is 4.59. The number of carboxylic acid groups (broad SMARTS) is 1. The molecule has 0 spiro atoms. The summed E-state index contributed by atoms with van der Waals surface area (Å²) in [5, 5.41) is 9.14. The smallest absolute Gasteiger partial charge is 0.335 e. The van der Waals surface area contributed by atoms with E-state index >= 15 is 0 Å².